The van der Waals surface area contributed by atoms with Crippen molar-refractivity contribution in [3.05, 3.63) is 26.1 Å². The molecule has 0 aliphatic rings. The highest BCUT2D eigenvalue weighted by atomic mass is 35.5. The molecule has 2 rings (SSSR count). The van der Waals surface area contributed by atoms with E-state index >= 15 is 0 Å². The smallest absolute Gasteiger partial charge is 0.225 e. The summed E-state index contributed by atoms with van der Waals surface area (Å²) in [6.07, 6.45) is 0. The molecule has 0 bridgehead atoms. The monoisotopic (exact) mass is 274 g/mol. The molecule has 4 nitrogen and oxygen atoms in total. The second-order valence-electron chi connectivity index (χ2n) is 3.45. The molecule has 0 aliphatic heterocycles. The SMILES string of the molecule is CN(Cc1ccc(Cl)s1)c1n[nH]c(=S)n1C. The molecule has 0 saturated carbocycles. The zero-order valence-corrected chi connectivity index (χ0v) is 11.3. The summed E-state index contributed by atoms with van der Waals surface area (Å²) >= 11 is 12.5. The molecule has 0 aromatic carbocycles. The minimum absolute atomic E-state index is 0.617. The number of hydrogen-bond acceptors (Lipinski definition) is 4. The second-order valence-corrected chi connectivity index (χ2v) is 5.64. The molecule has 0 aliphatic carbocycles. The van der Waals surface area contributed by atoms with Crippen LogP contribution in [0.15, 0.2) is 12.1 Å². The number of nitrogens with one attached hydrogen (secondary N) is 1. The molecule has 0 saturated heterocycles. The second kappa shape index (κ2) is 4.57. The van der Waals surface area contributed by atoms with Crippen molar-refractivity contribution < 1.29 is 0 Å². The summed E-state index contributed by atoms with van der Waals surface area (Å²) in [5, 5.41) is 6.92. The van der Waals surface area contributed by atoms with Crippen LogP contribution in [-0.4, -0.2) is 21.8 Å². The van der Waals surface area contributed by atoms with Gasteiger partial charge in [-0.25, -0.2) is 5.10 Å². The van der Waals surface area contributed by atoms with Crippen LogP contribution in [-0.2, 0) is 13.6 Å². The van der Waals surface area contributed by atoms with Gasteiger partial charge in [0, 0.05) is 19.0 Å². The molecule has 86 valence electrons. The summed E-state index contributed by atoms with van der Waals surface area (Å²) in [6, 6.07) is 3.92. The zero-order chi connectivity index (χ0) is 11.7. The predicted octanol–water partition coefficient (Wildman–Crippen LogP) is 2.83. The number of hydrogen-bond donors (Lipinski definition) is 1. The Bertz CT molecular complexity index is 542. The van der Waals surface area contributed by atoms with Crippen molar-refractivity contribution in [2.75, 3.05) is 11.9 Å². The van der Waals surface area contributed by atoms with Crippen LogP contribution < -0.4 is 4.90 Å². The van der Waals surface area contributed by atoms with E-state index in [9.17, 15) is 0 Å². The van der Waals surface area contributed by atoms with E-state index in [4.69, 9.17) is 23.8 Å². The molecule has 2 heterocycles. The molecule has 7 heteroatoms. The van der Waals surface area contributed by atoms with Crippen LogP contribution in [0, 0.1) is 4.77 Å². The molecule has 1 N–H and O–H groups in total. The number of rotatable bonds is 3. The fourth-order valence-electron chi connectivity index (χ4n) is 1.42. The van der Waals surface area contributed by atoms with Gasteiger partial charge in [-0.3, -0.25) is 4.57 Å². The standard InChI is InChI=1S/C9H11ClN4S2/c1-13(5-6-3-4-7(10)16-6)8-11-12-9(15)14(8)2/h3-4H,5H2,1-2H3,(H,12,15). The van der Waals surface area contributed by atoms with Crippen LogP contribution >= 0.6 is 35.2 Å². The third kappa shape index (κ3) is 2.28. The first-order valence-electron chi connectivity index (χ1n) is 4.64. The maximum Gasteiger partial charge on any atom is 0.225 e. The average Bonchev–Trinajstić information content (AvgIpc) is 2.76. The van der Waals surface area contributed by atoms with Gasteiger partial charge in [0.25, 0.3) is 0 Å². The van der Waals surface area contributed by atoms with E-state index in [2.05, 4.69) is 10.2 Å². The fourth-order valence-corrected chi connectivity index (χ4v) is 2.69. The summed E-state index contributed by atoms with van der Waals surface area (Å²) in [5.74, 6) is 0.814. The Balaban J connectivity index is 2.17. The lowest BCUT2D eigenvalue weighted by molar-refractivity contribution is 0.806. The highest BCUT2D eigenvalue weighted by Gasteiger charge is 2.09. The van der Waals surface area contributed by atoms with Gasteiger partial charge in [-0.2, -0.15) is 0 Å². The number of halogens is 1. The van der Waals surface area contributed by atoms with Gasteiger partial charge in [-0.05, 0) is 24.4 Å². The van der Waals surface area contributed by atoms with E-state index in [1.165, 1.54) is 4.88 Å². The fraction of sp³-hybridized carbons (Fsp3) is 0.333. The summed E-state index contributed by atoms with van der Waals surface area (Å²) in [7, 11) is 3.86. The molecular weight excluding hydrogens is 264 g/mol. The number of nitrogens with zero attached hydrogens (tertiary/aromatic N) is 3. The zero-order valence-electron chi connectivity index (χ0n) is 8.90. The number of aromatic amines is 1. The summed E-state index contributed by atoms with van der Waals surface area (Å²) in [4.78, 5) is 3.22. The van der Waals surface area contributed by atoms with Crippen molar-refractivity contribution in [1.29, 1.82) is 0 Å². The van der Waals surface area contributed by atoms with E-state index in [0.717, 1.165) is 16.8 Å². The van der Waals surface area contributed by atoms with Crippen LogP contribution in [0.5, 0.6) is 0 Å². The molecule has 2 aromatic rings. The molecule has 0 atom stereocenters. The van der Waals surface area contributed by atoms with Gasteiger partial charge in [0.05, 0.1) is 10.9 Å². The predicted molar refractivity (Wildman–Crippen MR) is 69.8 cm³/mol. The quantitative estimate of drug-likeness (QED) is 0.875. The van der Waals surface area contributed by atoms with Gasteiger partial charge in [0.15, 0.2) is 4.77 Å². The topological polar surface area (TPSA) is 36.9 Å². The summed E-state index contributed by atoms with van der Waals surface area (Å²) in [5.41, 5.74) is 0. The molecule has 16 heavy (non-hydrogen) atoms. The molecule has 0 amide bonds. The first-order valence-corrected chi connectivity index (χ1v) is 6.25. The van der Waals surface area contributed by atoms with Gasteiger partial charge >= 0.3 is 0 Å². The molecular formula is C9H11ClN4S2. The third-order valence-electron chi connectivity index (χ3n) is 2.22. The molecule has 0 spiro atoms. The van der Waals surface area contributed by atoms with Crippen molar-refractivity contribution in [2.24, 2.45) is 7.05 Å². The number of H-pyrrole nitrogens is 1. The van der Waals surface area contributed by atoms with Crippen LogP contribution in [0.1, 0.15) is 4.88 Å². The highest BCUT2D eigenvalue weighted by molar-refractivity contribution is 7.71. The number of anilines is 1. The minimum Gasteiger partial charge on any atom is -0.339 e. The summed E-state index contributed by atoms with van der Waals surface area (Å²) in [6.45, 7) is 0.769. The van der Waals surface area contributed by atoms with Crippen molar-refractivity contribution >= 4 is 41.1 Å². The van der Waals surface area contributed by atoms with E-state index in [1.807, 2.05) is 35.7 Å². The van der Waals surface area contributed by atoms with Crippen LogP contribution in [0.3, 0.4) is 0 Å². The van der Waals surface area contributed by atoms with Crippen molar-refractivity contribution in [1.82, 2.24) is 14.8 Å². The van der Waals surface area contributed by atoms with Crippen molar-refractivity contribution in [2.45, 2.75) is 6.54 Å². The van der Waals surface area contributed by atoms with E-state index in [1.54, 1.807) is 11.3 Å². The Kier molecular flexibility index (Phi) is 3.32. The van der Waals surface area contributed by atoms with E-state index in [0.29, 0.717) is 4.77 Å². The maximum atomic E-state index is 5.88. The van der Waals surface area contributed by atoms with E-state index in [-0.39, 0.29) is 0 Å². The average molecular weight is 275 g/mol. The van der Waals surface area contributed by atoms with Gasteiger partial charge in [0.1, 0.15) is 0 Å². The van der Waals surface area contributed by atoms with E-state index < -0.39 is 0 Å². The van der Waals surface area contributed by atoms with Gasteiger partial charge in [-0.15, -0.1) is 16.4 Å². The Morgan fingerprint density at radius 3 is 2.88 bits per heavy atom. The number of thiophene rings is 1. The molecule has 0 unspecified atom stereocenters. The summed E-state index contributed by atoms with van der Waals surface area (Å²) < 4.78 is 3.26. The van der Waals surface area contributed by atoms with Gasteiger partial charge in [0.2, 0.25) is 5.95 Å². The molecule has 0 radical (unpaired) electrons. The lowest BCUT2D eigenvalue weighted by Gasteiger charge is -2.15. The lowest BCUT2D eigenvalue weighted by atomic mass is 10.4. The van der Waals surface area contributed by atoms with Crippen LogP contribution in [0.25, 0.3) is 0 Å². The highest BCUT2D eigenvalue weighted by Crippen LogP contribution is 2.23. The third-order valence-corrected chi connectivity index (χ3v) is 3.80. The largest absolute Gasteiger partial charge is 0.339 e. The van der Waals surface area contributed by atoms with Crippen molar-refractivity contribution in [3.8, 4) is 0 Å². The molecule has 2 aromatic heterocycles. The Labute approximate surface area is 107 Å². The van der Waals surface area contributed by atoms with Crippen LogP contribution in [0.4, 0.5) is 5.95 Å². The Hall–Kier alpha value is -0.850. The maximum absolute atomic E-state index is 5.88. The normalized spacial score (nSPS) is 10.7. The van der Waals surface area contributed by atoms with Gasteiger partial charge < -0.3 is 4.90 Å². The Morgan fingerprint density at radius 2 is 2.38 bits per heavy atom. The first kappa shape index (κ1) is 11.6. The van der Waals surface area contributed by atoms with Crippen molar-refractivity contribution in [3.63, 3.8) is 0 Å². The lowest BCUT2D eigenvalue weighted by Crippen LogP contribution is -2.19. The van der Waals surface area contributed by atoms with Crippen LogP contribution in [0.2, 0.25) is 4.34 Å². The number of aromatic nitrogens is 3. The molecule has 0 fully saturated rings. The van der Waals surface area contributed by atoms with Gasteiger partial charge in [-0.1, -0.05) is 11.6 Å². The minimum atomic E-state index is 0.617. The Morgan fingerprint density at radius 1 is 1.62 bits per heavy atom. The first-order chi connectivity index (χ1) is 7.58.